The number of aromatic nitrogens is 2. The lowest BCUT2D eigenvalue weighted by molar-refractivity contribution is 0.280. The van der Waals surface area contributed by atoms with Crippen molar-refractivity contribution in [1.29, 1.82) is 0 Å². The van der Waals surface area contributed by atoms with Crippen molar-refractivity contribution < 1.29 is 4.74 Å². The van der Waals surface area contributed by atoms with Crippen molar-refractivity contribution in [3.8, 4) is 6.01 Å². The minimum Gasteiger partial charge on any atom is -0.459 e. The number of nitrogens with one attached hydrogen (secondary N) is 1. The van der Waals surface area contributed by atoms with Crippen molar-refractivity contribution in [1.82, 2.24) is 15.3 Å². The van der Waals surface area contributed by atoms with Gasteiger partial charge >= 0.3 is 6.01 Å². The van der Waals surface area contributed by atoms with Gasteiger partial charge in [0.25, 0.3) is 0 Å². The molecule has 23 heavy (non-hydrogen) atoms. The SMILES string of the molecule is Cl.Clc1cc(Cl)cc(COc2nccc(N3CCNCC3)n2)c1. The molecule has 0 radical (unpaired) electrons. The molecule has 124 valence electrons. The molecule has 1 aliphatic rings. The van der Waals surface area contributed by atoms with E-state index in [0.29, 0.717) is 22.7 Å². The largest absolute Gasteiger partial charge is 0.459 e. The number of anilines is 1. The van der Waals surface area contributed by atoms with E-state index in [1.807, 2.05) is 18.2 Å². The van der Waals surface area contributed by atoms with Gasteiger partial charge in [0.15, 0.2) is 0 Å². The number of nitrogens with zero attached hydrogens (tertiary/aromatic N) is 3. The molecular weight excluding hydrogens is 359 g/mol. The lowest BCUT2D eigenvalue weighted by Gasteiger charge is -2.28. The first-order chi connectivity index (χ1) is 10.7. The van der Waals surface area contributed by atoms with Crippen molar-refractivity contribution >= 4 is 41.4 Å². The van der Waals surface area contributed by atoms with Crippen LogP contribution in [-0.2, 0) is 6.61 Å². The number of ether oxygens (including phenoxy) is 1. The Bertz CT molecular complexity index is 630. The van der Waals surface area contributed by atoms with Gasteiger partial charge in [-0.2, -0.15) is 4.98 Å². The van der Waals surface area contributed by atoms with Gasteiger partial charge in [0.05, 0.1) is 0 Å². The maximum Gasteiger partial charge on any atom is 0.318 e. The first-order valence-electron chi connectivity index (χ1n) is 7.07. The van der Waals surface area contributed by atoms with Crippen LogP contribution in [0.2, 0.25) is 10.0 Å². The van der Waals surface area contributed by atoms with E-state index in [-0.39, 0.29) is 12.4 Å². The molecule has 1 aromatic carbocycles. The number of benzene rings is 1. The molecule has 0 aliphatic carbocycles. The normalized spacial score (nSPS) is 14.3. The van der Waals surface area contributed by atoms with Gasteiger partial charge < -0.3 is 15.0 Å². The Balaban J connectivity index is 0.00000192. The zero-order valence-corrected chi connectivity index (χ0v) is 14.7. The Morgan fingerprint density at radius 2 is 1.83 bits per heavy atom. The Labute approximate surface area is 151 Å². The molecule has 1 aromatic heterocycles. The summed E-state index contributed by atoms with van der Waals surface area (Å²) in [7, 11) is 0. The van der Waals surface area contributed by atoms with Crippen LogP contribution >= 0.6 is 35.6 Å². The monoisotopic (exact) mass is 374 g/mol. The summed E-state index contributed by atoms with van der Waals surface area (Å²) in [6, 6.07) is 7.57. The van der Waals surface area contributed by atoms with Crippen LogP contribution in [0.3, 0.4) is 0 Å². The third-order valence-corrected chi connectivity index (χ3v) is 3.79. The standard InChI is InChI=1S/C15H16Cl2N4O.ClH/c16-12-7-11(8-13(17)9-12)10-22-15-19-2-1-14(20-15)21-5-3-18-4-6-21;/h1-2,7-9,18H,3-6,10H2;1H. The molecule has 0 unspecified atom stereocenters. The van der Waals surface area contributed by atoms with Crippen LogP contribution < -0.4 is 15.0 Å². The maximum atomic E-state index is 5.97. The van der Waals surface area contributed by atoms with Crippen molar-refractivity contribution in [2.75, 3.05) is 31.1 Å². The third kappa shape index (κ3) is 5.11. The zero-order valence-electron chi connectivity index (χ0n) is 12.3. The first kappa shape index (κ1) is 18.1. The topological polar surface area (TPSA) is 50.3 Å². The highest BCUT2D eigenvalue weighted by Gasteiger charge is 2.12. The van der Waals surface area contributed by atoms with Crippen molar-refractivity contribution in [3.05, 3.63) is 46.1 Å². The zero-order chi connectivity index (χ0) is 15.4. The molecular formula is C15H17Cl3N4O. The molecule has 2 aromatic rings. The van der Waals surface area contributed by atoms with Crippen molar-refractivity contribution in [2.45, 2.75) is 6.61 Å². The second-order valence-electron chi connectivity index (χ2n) is 5.00. The average molecular weight is 376 g/mol. The molecule has 1 N–H and O–H groups in total. The molecule has 0 atom stereocenters. The van der Waals surface area contributed by atoms with Gasteiger partial charge in [-0.3, -0.25) is 0 Å². The highest BCUT2D eigenvalue weighted by atomic mass is 35.5. The van der Waals surface area contributed by atoms with E-state index < -0.39 is 0 Å². The van der Waals surface area contributed by atoms with E-state index in [1.54, 1.807) is 12.3 Å². The minimum absolute atomic E-state index is 0. The van der Waals surface area contributed by atoms with Crippen LogP contribution in [0.15, 0.2) is 30.5 Å². The molecule has 1 saturated heterocycles. The summed E-state index contributed by atoms with van der Waals surface area (Å²) in [5, 5.41) is 4.48. The summed E-state index contributed by atoms with van der Waals surface area (Å²) in [5.41, 5.74) is 0.883. The van der Waals surface area contributed by atoms with Gasteiger partial charge in [-0.15, -0.1) is 12.4 Å². The van der Waals surface area contributed by atoms with Gasteiger partial charge in [0, 0.05) is 42.4 Å². The molecule has 1 aliphatic heterocycles. The average Bonchev–Trinajstić information content (AvgIpc) is 2.53. The Kier molecular flexibility index (Phi) is 6.72. The maximum absolute atomic E-state index is 5.97. The highest BCUT2D eigenvalue weighted by Crippen LogP contribution is 2.20. The lowest BCUT2D eigenvalue weighted by Crippen LogP contribution is -2.43. The van der Waals surface area contributed by atoms with Gasteiger partial charge in [0.2, 0.25) is 0 Å². The number of hydrogen-bond acceptors (Lipinski definition) is 5. The molecule has 0 spiro atoms. The number of halogens is 3. The van der Waals surface area contributed by atoms with Crippen LogP contribution in [0.4, 0.5) is 5.82 Å². The smallest absolute Gasteiger partial charge is 0.318 e. The van der Waals surface area contributed by atoms with E-state index in [1.165, 1.54) is 0 Å². The van der Waals surface area contributed by atoms with Crippen LogP contribution in [-0.4, -0.2) is 36.1 Å². The number of rotatable bonds is 4. The van der Waals surface area contributed by atoms with Crippen LogP contribution in [0.25, 0.3) is 0 Å². The summed E-state index contributed by atoms with van der Waals surface area (Å²) in [6.45, 7) is 4.11. The summed E-state index contributed by atoms with van der Waals surface area (Å²) in [4.78, 5) is 10.8. The molecule has 1 fully saturated rings. The summed E-state index contributed by atoms with van der Waals surface area (Å²) < 4.78 is 5.65. The Morgan fingerprint density at radius 3 is 2.52 bits per heavy atom. The van der Waals surface area contributed by atoms with E-state index in [9.17, 15) is 0 Å². The van der Waals surface area contributed by atoms with E-state index >= 15 is 0 Å². The fourth-order valence-corrected chi connectivity index (χ4v) is 2.88. The number of piperazine rings is 1. The third-order valence-electron chi connectivity index (χ3n) is 3.35. The fraction of sp³-hybridized carbons (Fsp3) is 0.333. The van der Waals surface area contributed by atoms with Crippen molar-refractivity contribution in [3.63, 3.8) is 0 Å². The molecule has 8 heteroatoms. The highest BCUT2D eigenvalue weighted by molar-refractivity contribution is 6.34. The van der Waals surface area contributed by atoms with Gasteiger partial charge in [-0.25, -0.2) is 4.98 Å². The molecule has 2 heterocycles. The lowest BCUT2D eigenvalue weighted by atomic mass is 10.2. The first-order valence-corrected chi connectivity index (χ1v) is 7.83. The van der Waals surface area contributed by atoms with E-state index in [4.69, 9.17) is 27.9 Å². The quantitative estimate of drug-likeness (QED) is 0.889. The van der Waals surface area contributed by atoms with Gasteiger partial charge in [0.1, 0.15) is 12.4 Å². The summed E-state index contributed by atoms with van der Waals surface area (Å²) in [5.74, 6) is 0.885. The molecule has 5 nitrogen and oxygen atoms in total. The molecule has 3 rings (SSSR count). The van der Waals surface area contributed by atoms with Gasteiger partial charge in [-0.05, 0) is 29.8 Å². The van der Waals surface area contributed by atoms with Crippen molar-refractivity contribution in [2.24, 2.45) is 0 Å². The van der Waals surface area contributed by atoms with Gasteiger partial charge in [-0.1, -0.05) is 23.2 Å². The van der Waals surface area contributed by atoms with Crippen LogP contribution in [0.1, 0.15) is 5.56 Å². The summed E-state index contributed by atoms with van der Waals surface area (Å²) in [6.07, 6.45) is 1.71. The second-order valence-corrected chi connectivity index (χ2v) is 5.87. The van der Waals surface area contributed by atoms with E-state index in [0.717, 1.165) is 37.6 Å². The molecule has 0 bridgehead atoms. The molecule has 0 amide bonds. The second kappa shape index (κ2) is 8.55. The fourth-order valence-electron chi connectivity index (χ4n) is 2.31. The van der Waals surface area contributed by atoms with E-state index in [2.05, 4.69) is 20.2 Å². The molecule has 0 saturated carbocycles. The predicted octanol–water partition coefficient (Wildman–Crippen LogP) is 3.19. The predicted molar refractivity (Wildman–Crippen MR) is 95.2 cm³/mol. The number of hydrogen-bond donors (Lipinski definition) is 1. The Hall–Kier alpha value is -1.27. The minimum atomic E-state index is 0. The van der Waals surface area contributed by atoms with Crippen LogP contribution in [0, 0.1) is 0 Å². The summed E-state index contributed by atoms with van der Waals surface area (Å²) >= 11 is 11.9. The van der Waals surface area contributed by atoms with Crippen LogP contribution in [0.5, 0.6) is 6.01 Å². The Morgan fingerprint density at radius 1 is 1.13 bits per heavy atom.